The molecule has 1 unspecified atom stereocenters. The number of fused-ring (bicyclic) bond motifs is 1. The van der Waals surface area contributed by atoms with Crippen molar-refractivity contribution in [3.63, 3.8) is 0 Å². The summed E-state index contributed by atoms with van der Waals surface area (Å²) in [4.78, 5) is 8.83. The van der Waals surface area contributed by atoms with E-state index in [1.807, 2.05) is 0 Å². The molecule has 0 spiro atoms. The summed E-state index contributed by atoms with van der Waals surface area (Å²) in [6.07, 6.45) is 6.23. The van der Waals surface area contributed by atoms with Crippen molar-refractivity contribution in [1.29, 1.82) is 0 Å². The summed E-state index contributed by atoms with van der Waals surface area (Å²) >= 11 is 0. The van der Waals surface area contributed by atoms with E-state index >= 15 is 0 Å². The zero-order valence-corrected chi connectivity index (χ0v) is 17.9. The third kappa shape index (κ3) is 4.83. The number of nitro groups is 1. The average Bonchev–Trinajstić information content (AvgIpc) is 2.95. The first kappa shape index (κ1) is 22.6. The van der Waals surface area contributed by atoms with E-state index in [-0.39, 0.29) is 49.6 Å². The Bertz CT molecular complexity index is 685. The van der Waals surface area contributed by atoms with Gasteiger partial charge in [-0.25, -0.2) is 0 Å². The predicted molar refractivity (Wildman–Crippen MR) is 92.8 cm³/mol. The van der Waals surface area contributed by atoms with Gasteiger partial charge in [-0.05, 0) is 18.4 Å². The molecule has 0 N–H and O–H groups in total. The van der Waals surface area contributed by atoms with Crippen LogP contribution in [0.15, 0.2) is 24.3 Å². The van der Waals surface area contributed by atoms with Crippen LogP contribution in [-0.4, -0.2) is 19.9 Å². The summed E-state index contributed by atoms with van der Waals surface area (Å²) < 4.78 is 30.3. The standard InChI is InChI=1S/C17H25NO5S.Na.H/c1-2-3-4-5-6-9-14-23-24(21,22)17(18(19)20)13-12-15-10-7-8-11-16(15)17;;/h7-8,10-11H,2-6,9,12-14H2,1H3;;/q;+1;-1. The smallest absolute Gasteiger partial charge is 1.00 e. The van der Waals surface area contributed by atoms with Gasteiger partial charge in [0.15, 0.2) is 0 Å². The molecule has 0 bridgehead atoms. The van der Waals surface area contributed by atoms with Crippen molar-refractivity contribution in [2.75, 3.05) is 6.61 Å². The van der Waals surface area contributed by atoms with Crippen molar-refractivity contribution in [2.24, 2.45) is 0 Å². The maximum absolute atomic E-state index is 12.6. The number of hydrogen-bond acceptors (Lipinski definition) is 5. The Labute approximate surface area is 173 Å². The number of rotatable bonds is 10. The molecule has 1 aromatic carbocycles. The maximum Gasteiger partial charge on any atom is 1.00 e. The van der Waals surface area contributed by atoms with Crippen LogP contribution in [0.1, 0.15) is 64.4 Å². The molecule has 25 heavy (non-hydrogen) atoms. The molecular weight excluding hydrogens is 353 g/mol. The van der Waals surface area contributed by atoms with E-state index in [1.165, 1.54) is 12.5 Å². The maximum atomic E-state index is 12.6. The van der Waals surface area contributed by atoms with Gasteiger partial charge in [-0.1, -0.05) is 63.3 Å². The van der Waals surface area contributed by atoms with Crippen LogP contribution in [0.5, 0.6) is 0 Å². The van der Waals surface area contributed by atoms with Gasteiger partial charge >= 0.3 is 44.5 Å². The zero-order valence-electron chi connectivity index (χ0n) is 16.1. The molecule has 2 rings (SSSR count). The minimum atomic E-state index is -4.33. The minimum Gasteiger partial charge on any atom is -1.00 e. The molecule has 1 aliphatic carbocycles. The van der Waals surface area contributed by atoms with Crippen LogP contribution in [0, 0.1) is 10.1 Å². The van der Waals surface area contributed by atoms with Gasteiger partial charge in [-0.15, -0.1) is 0 Å². The van der Waals surface area contributed by atoms with E-state index in [1.54, 1.807) is 18.2 Å². The van der Waals surface area contributed by atoms with E-state index in [4.69, 9.17) is 4.18 Å². The fraction of sp³-hybridized carbons (Fsp3) is 0.647. The second kappa shape index (κ2) is 10.0. The van der Waals surface area contributed by atoms with E-state index in [9.17, 15) is 18.5 Å². The Kier molecular flexibility index (Phi) is 9.04. The zero-order chi connectivity index (χ0) is 17.6. The van der Waals surface area contributed by atoms with Gasteiger partial charge in [0.2, 0.25) is 0 Å². The summed E-state index contributed by atoms with van der Waals surface area (Å²) in [5, 5.41) is 11.7. The van der Waals surface area contributed by atoms with Crippen molar-refractivity contribution in [1.82, 2.24) is 0 Å². The molecule has 0 aliphatic heterocycles. The Morgan fingerprint density at radius 3 is 2.52 bits per heavy atom. The minimum absolute atomic E-state index is 0. The molecule has 0 aromatic heterocycles. The van der Waals surface area contributed by atoms with Gasteiger partial charge in [0.05, 0.1) is 12.2 Å². The fourth-order valence-corrected chi connectivity index (χ4v) is 4.78. The number of nitrogens with zero attached hydrogens (tertiary/aromatic N) is 1. The van der Waals surface area contributed by atoms with Crippen LogP contribution in [-0.2, 0) is 25.6 Å². The Morgan fingerprint density at radius 1 is 1.20 bits per heavy atom. The number of aryl methyl sites for hydroxylation is 1. The fourth-order valence-electron chi connectivity index (χ4n) is 3.25. The van der Waals surface area contributed by atoms with Crippen LogP contribution >= 0.6 is 0 Å². The van der Waals surface area contributed by atoms with Crippen LogP contribution in [0.2, 0.25) is 0 Å². The van der Waals surface area contributed by atoms with Crippen LogP contribution in [0.3, 0.4) is 0 Å². The molecule has 0 fully saturated rings. The van der Waals surface area contributed by atoms with Crippen molar-refractivity contribution in [2.45, 2.75) is 63.2 Å². The van der Waals surface area contributed by atoms with Gasteiger partial charge in [0, 0.05) is 11.3 Å². The van der Waals surface area contributed by atoms with Crippen LogP contribution < -0.4 is 29.6 Å². The molecule has 0 heterocycles. The summed E-state index contributed by atoms with van der Waals surface area (Å²) in [6, 6.07) is 6.66. The summed E-state index contributed by atoms with van der Waals surface area (Å²) in [5.41, 5.74) is 0.957. The summed E-state index contributed by atoms with van der Waals surface area (Å²) in [7, 11) is -4.33. The molecule has 1 atom stereocenters. The Hall–Kier alpha value is -0.470. The third-order valence-electron chi connectivity index (χ3n) is 4.62. The van der Waals surface area contributed by atoms with E-state index < -0.39 is 19.9 Å². The van der Waals surface area contributed by atoms with Gasteiger partial charge in [0.1, 0.15) is 0 Å². The molecule has 136 valence electrons. The normalized spacial score (nSPS) is 19.2. The molecule has 1 aromatic rings. The molecule has 0 saturated heterocycles. The molecule has 1 aliphatic rings. The summed E-state index contributed by atoms with van der Waals surface area (Å²) in [5.74, 6) is 0. The van der Waals surface area contributed by atoms with Crippen LogP contribution in [0.4, 0.5) is 0 Å². The van der Waals surface area contributed by atoms with Crippen molar-refractivity contribution in [3.05, 3.63) is 45.5 Å². The third-order valence-corrected chi connectivity index (χ3v) is 6.49. The second-order valence-electron chi connectivity index (χ2n) is 6.24. The van der Waals surface area contributed by atoms with Crippen molar-refractivity contribution in [3.8, 4) is 0 Å². The number of hydrogen-bond donors (Lipinski definition) is 0. The predicted octanol–water partition coefficient (Wildman–Crippen LogP) is 0.886. The number of benzene rings is 1. The monoisotopic (exact) mass is 379 g/mol. The molecule has 6 nitrogen and oxygen atoms in total. The molecule has 0 saturated carbocycles. The van der Waals surface area contributed by atoms with Gasteiger partial charge < -0.3 is 1.43 Å². The van der Waals surface area contributed by atoms with E-state index in [0.717, 1.165) is 25.7 Å². The van der Waals surface area contributed by atoms with Crippen LogP contribution in [0.25, 0.3) is 0 Å². The van der Waals surface area contributed by atoms with Crippen molar-refractivity contribution >= 4 is 10.1 Å². The summed E-state index contributed by atoms with van der Waals surface area (Å²) in [6.45, 7) is 2.14. The quantitative estimate of drug-likeness (QED) is 0.198. The SMILES string of the molecule is CCCCCCCCOS(=O)(=O)C1([N+](=O)[O-])CCc2ccccc21.[H-].[Na+]. The largest absolute Gasteiger partial charge is 1.00 e. The van der Waals surface area contributed by atoms with Gasteiger partial charge in [-0.3, -0.25) is 14.3 Å². The first-order valence-corrected chi connectivity index (χ1v) is 9.98. The van der Waals surface area contributed by atoms with E-state index in [2.05, 4.69) is 6.92 Å². The molecule has 0 amide bonds. The molecule has 0 radical (unpaired) electrons. The van der Waals surface area contributed by atoms with Gasteiger partial charge in [0.25, 0.3) is 0 Å². The van der Waals surface area contributed by atoms with Gasteiger partial charge in [-0.2, -0.15) is 8.42 Å². The Morgan fingerprint density at radius 2 is 1.84 bits per heavy atom. The number of unbranched alkanes of at least 4 members (excludes halogenated alkanes) is 5. The second-order valence-corrected chi connectivity index (χ2v) is 8.06. The first-order chi connectivity index (χ1) is 11.5. The van der Waals surface area contributed by atoms with E-state index in [0.29, 0.717) is 18.4 Å². The molecule has 8 heteroatoms. The Balaban J connectivity index is 0.00000312. The first-order valence-electron chi connectivity index (χ1n) is 8.57. The molecular formula is C17H26NNaO5S. The topological polar surface area (TPSA) is 86.5 Å². The average molecular weight is 379 g/mol. The van der Waals surface area contributed by atoms with Crippen molar-refractivity contribution < 1.29 is 48.5 Å².